The van der Waals surface area contributed by atoms with Crippen LogP contribution in [0, 0.1) is 11.7 Å². The number of hydrogen-bond acceptors (Lipinski definition) is 2. The van der Waals surface area contributed by atoms with Crippen LogP contribution in [0.3, 0.4) is 0 Å². The van der Waals surface area contributed by atoms with E-state index in [4.69, 9.17) is 0 Å². The molecule has 1 fully saturated rings. The molecular weight excluding hydrogens is 193 g/mol. The summed E-state index contributed by atoms with van der Waals surface area (Å²) < 4.78 is 13.6. The smallest absolute Gasteiger partial charge is 0.150 e. The molecule has 0 N–H and O–H groups in total. The molecule has 0 bridgehead atoms. The Labute approximate surface area is 88.7 Å². The largest absolute Gasteiger partial charge is 0.369 e. The highest BCUT2D eigenvalue weighted by atomic mass is 19.1. The number of rotatable bonds is 2. The first kappa shape index (κ1) is 10.1. The second kappa shape index (κ2) is 4.01. The third kappa shape index (κ3) is 2.01. The summed E-state index contributed by atoms with van der Waals surface area (Å²) in [6.07, 6.45) is 1.77. The predicted molar refractivity (Wildman–Crippen MR) is 57.8 cm³/mol. The van der Waals surface area contributed by atoms with Crippen molar-refractivity contribution in [2.75, 3.05) is 18.0 Å². The minimum absolute atomic E-state index is 0.297. The summed E-state index contributed by atoms with van der Waals surface area (Å²) in [4.78, 5) is 12.5. The number of anilines is 1. The average Bonchev–Trinajstić information content (AvgIpc) is 2.64. The molecule has 0 spiro atoms. The molecule has 1 aliphatic heterocycles. The molecule has 1 heterocycles. The quantitative estimate of drug-likeness (QED) is 0.694. The molecule has 1 aromatic rings. The normalized spacial score (nSPS) is 20.7. The molecule has 80 valence electrons. The number of halogens is 1. The minimum atomic E-state index is -0.297. The van der Waals surface area contributed by atoms with Gasteiger partial charge in [-0.05, 0) is 30.5 Å². The van der Waals surface area contributed by atoms with Crippen LogP contribution in [0.5, 0.6) is 0 Å². The number of hydrogen-bond donors (Lipinski definition) is 0. The molecule has 0 aromatic heterocycles. The molecular formula is C12H14FNO. The Balaban J connectivity index is 2.25. The van der Waals surface area contributed by atoms with Gasteiger partial charge in [0.05, 0.1) is 5.69 Å². The van der Waals surface area contributed by atoms with Crippen LogP contribution in [-0.2, 0) is 0 Å². The van der Waals surface area contributed by atoms with Crippen molar-refractivity contribution in [3.05, 3.63) is 29.6 Å². The van der Waals surface area contributed by atoms with Gasteiger partial charge in [0.2, 0.25) is 0 Å². The fraction of sp³-hybridized carbons (Fsp3) is 0.417. The SMILES string of the molecule is CC1CCN(c2ccc(C=O)cc2F)C1. The van der Waals surface area contributed by atoms with Crippen LogP contribution in [0.1, 0.15) is 23.7 Å². The van der Waals surface area contributed by atoms with E-state index in [1.165, 1.54) is 6.07 Å². The van der Waals surface area contributed by atoms with Gasteiger partial charge in [-0.25, -0.2) is 4.39 Å². The highest BCUT2D eigenvalue weighted by Gasteiger charge is 2.21. The maximum absolute atomic E-state index is 13.6. The van der Waals surface area contributed by atoms with Crippen molar-refractivity contribution in [3.63, 3.8) is 0 Å². The lowest BCUT2D eigenvalue weighted by molar-refractivity contribution is 0.112. The van der Waals surface area contributed by atoms with Gasteiger partial charge in [0.1, 0.15) is 12.1 Å². The summed E-state index contributed by atoms with van der Waals surface area (Å²) in [5.74, 6) is 0.323. The van der Waals surface area contributed by atoms with Gasteiger partial charge >= 0.3 is 0 Å². The summed E-state index contributed by atoms with van der Waals surface area (Å²) in [5, 5.41) is 0. The van der Waals surface area contributed by atoms with E-state index < -0.39 is 0 Å². The highest BCUT2D eigenvalue weighted by Crippen LogP contribution is 2.26. The van der Waals surface area contributed by atoms with Crippen molar-refractivity contribution in [3.8, 4) is 0 Å². The summed E-state index contributed by atoms with van der Waals surface area (Å²) in [5.41, 5.74) is 1.01. The van der Waals surface area contributed by atoms with Gasteiger partial charge in [-0.3, -0.25) is 4.79 Å². The molecule has 2 rings (SSSR count). The zero-order valence-electron chi connectivity index (χ0n) is 8.74. The van der Waals surface area contributed by atoms with Gasteiger partial charge in [0.15, 0.2) is 0 Å². The van der Waals surface area contributed by atoms with E-state index in [-0.39, 0.29) is 5.82 Å². The number of carbonyl (C=O) groups excluding carboxylic acids is 1. The molecule has 0 aliphatic carbocycles. The van der Waals surface area contributed by atoms with Crippen molar-refractivity contribution in [1.29, 1.82) is 0 Å². The Morgan fingerprint density at radius 2 is 2.33 bits per heavy atom. The average molecular weight is 207 g/mol. The molecule has 1 aliphatic rings. The first-order valence-corrected chi connectivity index (χ1v) is 5.20. The molecule has 1 aromatic carbocycles. The molecule has 0 saturated carbocycles. The standard InChI is InChI=1S/C12H14FNO/c1-9-4-5-14(7-9)12-3-2-10(8-15)6-11(12)13/h2-3,6,8-9H,4-5,7H2,1H3. The van der Waals surface area contributed by atoms with E-state index in [1.54, 1.807) is 12.1 Å². The number of benzene rings is 1. The lowest BCUT2D eigenvalue weighted by Crippen LogP contribution is -2.20. The van der Waals surface area contributed by atoms with Crippen LogP contribution in [-0.4, -0.2) is 19.4 Å². The van der Waals surface area contributed by atoms with E-state index in [0.717, 1.165) is 19.5 Å². The topological polar surface area (TPSA) is 20.3 Å². The summed E-state index contributed by atoms with van der Waals surface area (Å²) in [6, 6.07) is 4.65. The van der Waals surface area contributed by atoms with Gasteiger partial charge in [-0.15, -0.1) is 0 Å². The van der Waals surface area contributed by atoms with E-state index >= 15 is 0 Å². The van der Waals surface area contributed by atoms with Gasteiger partial charge in [0, 0.05) is 18.7 Å². The van der Waals surface area contributed by atoms with Crippen LogP contribution in [0.2, 0.25) is 0 Å². The molecule has 1 saturated heterocycles. The van der Waals surface area contributed by atoms with Crippen molar-refractivity contribution in [1.82, 2.24) is 0 Å². The Morgan fingerprint density at radius 3 is 2.87 bits per heavy atom. The van der Waals surface area contributed by atoms with Gasteiger partial charge in [-0.1, -0.05) is 6.92 Å². The van der Waals surface area contributed by atoms with E-state index in [9.17, 15) is 9.18 Å². The zero-order valence-corrected chi connectivity index (χ0v) is 8.74. The molecule has 0 amide bonds. The molecule has 1 atom stereocenters. The second-order valence-electron chi connectivity index (χ2n) is 4.17. The monoisotopic (exact) mass is 207 g/mol. The molecule has 0 radical (unpaired) electrons. The van der Waals surface area contributed by atoms with Crippen LogP contribution in [0.15, 0.2) is 18.2 Å². The third-order valence-electron chi connectivity index (χ3n) is 2.87. The Bertz CT molecular complexity index is 378. The zero-order chi connectivity index (χ0) is 10.8. The number of carbonyl (C=O) groups is 1. The first-order chi connectivity index (χ1) is 7.20. The van der Waals surface area contributed by atoms with Crippen molar-refractivity contribution >= 4 is 12.0 Å². The summed E-state index contributed by atoms with van der Waals surface area (Å²) in [7, 11) is 0. The van der Waals surface area contributed by atoms with Gasteiger partial charge in [0.25, 0.3) is 0 Å². The molecule has 15 heavy (non-hydrogen) atoms. The van der Waals surface area contributed by atoms with Crippen molar-refractivity contribution < 1.29 is 9.18 Å². The summed E-state index contributed by atoms with van der Waals surface area (Å²) >= 11 is 0. The fourth-order valence-electron chi connectivity index (χ4n) is 2.01. The van der Waals surface area contributed by atoms with Crippen LogP contribution >= 0.6 is 0 Å². The van der Waals surface area contributed by atoms with Crippen molar-refractivity contribution in [2.45, 2.75) is 13.3 Å². The Hall–Kier alpha value is -1.38. The van der Waals surface area contributed by atoms with Crippen molar-refractivity contribution in [2.24, 2.45) is 5.92 Å². The number of aldehydes is 1. The van der Waals surface area contributed by atoms with Gasteiger partial charge < -0.3 is 4.90 Å². The van der Waals surface area contributed by atoms with E-state index in [0.29, 0.717) is 23.5 Å². The Morgan fingerprint density at radius 1 is 1.53 bits per heavy atom. The second-order valence-corrected chi connectivity index (χ2v) is 4.17. The predicted octanol–water partition coefficient (Wildman–Crippen LogP) is 2.48. The van der Waals surface area contributed by atoms with E-state index in [1.807, 2.05) is 4.90 Å². The molecule has 2 nitrogen and oxygen atoms in total. The summed E-state index contributed by atoms with van der Waals surface area (Å²) in [6.45, 7) is 3.97. The fourth-order valence-corrected chi connectivity index (χ4v) is 2.01. The highest BCUT2D eigenvalue weighted by molar-refractivity contribution is 5.76. The van der Waals surface area contributed by atoms with Crippen LogP contribution in [0.25, 0.3) is 0 Å². The minimum Gasteiger partial charge on any atom is -0.369 e. The Kier molecular flexibility index (Phi) is 2.71. The maximum atomic E-state index is 13.6. The van der Waals surface area contributed by atoms with Crippen LogP contribution in [0.4, 0.5) is 10.1 Å². The van der Waals surface area contributed by atoms with Crippen LogP contribution < -0.4 is 4.90 Å². The molecule has 1 unspecified atom stereocenters. The number of nitrogens with zero attached hydrogens (tertiary/aromatic N) is 1. The van der Waals surface area contributed by atoms with E-state index in [2.05, 4.69) is 6.92 Å². The lowest BCUT2D eigenvalue weighted by Gasteiger charge is -2.18. The molecule has 3 heteroatoms. The van der Waals surface area contributed by atoms with Gasteiger partial charge in [-0.2, -0.15) is 0 Å². The first-order valence-electron chi connectivity index (χ1n) is 5.20. The lowest BCUT2D eigenvalue weighted by atomic mass is 10.2. The third-order valence-corrected chi connectivity index (χ3v) is 2.87. The maximum Gasteiger partial charge on any atom is 0.150 e.